The molecule has 0 heterocycles. The molecule has 0 unspecified atom stereocenters. The number of esters is 1. The summed E-state index contributed by atoms with van der Waals surface area (Å²) >= 11 is 6.15. The number of alkyl carbamates (subject to hydrolysis) is 1. The number of halogens is 1. The Balaban J connectivity index is 2.14. The van der Waals surface area contributed by atoms with E-state index in [1.165, 1.54) is 7.11 Å². The fourth-order valence-electron chi connectivity index (χ4n) is 3.14. The highest BCUT2D eigenvalue weighted by Crippen LogP contribution is 2.25. The number of hydrogen-bond acceptors (Lipinski definition) is 6. The maximum atomic E-state index is 12.4. The van der Waals surface area contributed by atoms with Gasteiger partial charge in [-0.15, -0.1) is 11.6 Å². The molecule has 2 N–H and O–H groups in total. The summed E-state index contributed by atoms with van der Waals surface area (Å²) in [5, 5.41) is 5.28. The van der Waals surface area contributed by atoms with Crippen molar-refractivity contribution in [1.82, 2.24) is 5.32 Å². The van der Waals surface area contributed by atoms with Crippen molar-refractivity contribution >= 4 is 35.4 Å². The van der Waals surface area contributed by atoms with Gasteiger partial charge >= 0.3 is 18.2 Å². The van der Waals surface area contributed by atoms with Crippen LogP contribution < -0.4 is 10.6 Å². The van der Waals surface area contributed by atoms with Crippen LogP contribution in [0.2, 0.25) is 0 Å². The number of amides is 2. The van der Waals surface area contributed by atoms with E-state index in [2.05, 4.69) is 10.6 Å². The fraction of sp³-hybridized carbons (Fsp3) is 0.400. The van der Waals surface area contributed by atoms with Gasteiger partial charge in [0.25, 0.3) is 0 Å². The lowest BCUT2D eigenvalue weighted by molar-refractivity contribution is -0.143. The number of ether oxygens (including phenoxy) is 3. The van der Waals surface area contributed by atoms with Gasteiger partial charge in [-0.2, -0.15) is 0 Å². The lowest BCUT2D eigenvalue weighted by atomic mass is 9.97. The third-order valence-corrected chi connectivity index (χ3v) is 5.03. The molecule has 0 saturated carbocycles. The topological polar surface area (TPSA) is 103 Å². The average Bonchev–Trinajstić information content (AvgIpc) is 2.77. The Morgan fingerprint density at radius 2 is 1.71 bits per heavy atom. The van der Waals surface area contributed by atoms with E-state index in [1.807, 2.05) is 37.3 Å². The van der Waals surface area contributed by atoms with Crippen LogP contribution in [0.25, 0.3) is 0 Å². The third-order valence-electron chi connectivity index (χ3n) is 4.74. The molecule has 9 heteroatoms. The molecule has 0 radical (unpaired) electrons. The van der Waals surface area contributed by atoms with Gasteiger partial charge < -0.3 is 19.5 Å². The summed E-state index contributed by atoms with van der Waals surface area (Å²) in [6.45, 7) is 7.20. The number of aryl methyl sites for hydroxylation is 1. The first-order valence-electron chi connectivity index (χ1n) is 10.8. The molecule has 1 atom stereocenters. The summed E-state index contributed by atoms with van der Waals surface area (Å²) < 4.78 is 15.4. The highest BCUT2D eigenvalue weighted by Gasteiger charge is 2.25. The van der Waals surface area contributed by atoms with E-state index in [-0.39, 0.29) is 18.9 Å². The van der Waals surface area contributed by atoms with Gasteiger partial charge in [-0.25, -0.2) is 14.4 Å². The van der Waals surface area contributed by atoms with Gasteiger partial charge in [-0.3, -0.25) is 5.32 Å². The zero-order valence-corrected chi connectivity index (χ0v) is 20.8. The molecule has 0 aromatic heterocycles. The fourth-order valence-corrected chi connectivity index (χ4v) is 3.39. The normalized spacial score (nSPS) is 11.8. The highest BCUT2D eigenvalue weighted by atomic mass is 35.5. The van der Waals surface area contributed by atoms with Crippen LogP contribution in [0.4, 0.5) is 15.3 Å². The molecule has 0 spiro atoms. The van der Waals surface area contributed by atoms with Gasteiger partial charge in [0.05, 0.1) is 7.11 Å². The Bertz CT molecular complexity index is 1000. The number of nitrogens with one attached hydrogen (secondary N) is 2. The number of anilines is 1. The molecule has 2 rings (SSSR count). The SMILES string of the molecule is COC(=O)[C@@H](Cc1cc(C)c(NC(=O)OC(C)(C)C)cc1CCl)NC(=O)OCc1ccccc1. The van der Waals surface area contributed by atoms with E-state index in [9.17, 15) is 14.4 Å². The van der Waals surface area contributed by atoms with Crippen LogP contribution in [0.3, 0.4) is 0 Å². The molecule has 0 aliphatic rings. The molecule has 0 fully saturated rings. The van der Waals surface area contributed by atoms with Crippen LogP contribution in [-0.2, 0) is 37.9 Å². The zero-order valence-electron chi connectivity index (χ0n) is 20.1. The van der Waals surface area contributed by atoms with Gasteiger partial charge in [0.1, 0.15) is 18.2 Å². The highest BCUT2D eigenvalue weighted by molar-refractivity contribution is 6.17. The second kappa shape index (κ2) is 12.3. The minimum atomic E-state index is -0.987. The predicted molar refractivity (Wildman–Crippen MR) is 130 cm³/mol. The monoisotopic (exact) mass is 490 g/mol. The van der Waals surface area contributed by atoms with Crippen LogP contribution in [0.5, 0.6) is 0 Å². The van der Waals surface area contributed by atoms with Crippen LogP contribution in [0.15, 0.2) is 42.5 Å². The first kappa shape index (κ1) is 27.0. The second-order valence-electron chi connectivity index (χ2n) is 8.68. The minimum absolute atomic E-state index is 0.0671. The molecule has 0 aliphatic heterocycles. The first-order chi connectivity index (χ1) is 16.0. The van der Waals surface area contributed by atoms with Gasteiger partial charge in [0.15, 0.2) is 0 Å². The number of hydrogen-bond donors (Lipinski definition) is 2. The molecule has 184 valence electrons. The van der Waals surface area contributed by atoms with Crippen molar-refractivity contribution in [2.75, 3.05) is 12.4 Å². The van der Waals surface area contributed by atoms with Crippen molar-refractivity contribution in [1.29, 1.82) is 0 Å². The average molecular weight is 491 g/mol. The molecule has 2 aromatic rings. The molecular weight excluding hydrogens is 460 g/mol. The molecule has 0 saturated heterocycles. The molecule has 8 nitrogen and oxygen atoms in total. The summed E-state index contributed by atoms with van der Waals surface area (Å²) in [6, 6.07) is 11.7. The lowest BCUT2D eigenvalue weighted by Crippen LogP contribution is -2.43. The van der Waals surface area contributed by atoms with Crippen LogP contribution in [0, 0.1) is 6.92 Å². The van der Waals surface area contributed by atoms with Crippen molar-refractivity contribution < 1.29 is 28.6 Å². The Hall–Kier alpha value is -3.26. The number of rotatable bonds is 8. The maximum absolute atomic E-state index is 12.4. The van der Waals surface area contributed by atoms with Crippen LogP contribution in [-0.4, -0.2) is 36.9 Å². The summed E-state index contributed by atoms with van der Waals surface area (Å²) in [6.07, 6.45) is -1.20. The van der Waals surface area contributed by atoms with Crippen molar-refractivity contribution in [3.63, 3.8) is 0 Å². The molecule has 0 aliphatic carbocycles. The minimum Gasteiger partial charge on any atom is -0.467 e. The van der Waals surface area contributed by atoms with Crippen molar-refractivity contribution in [3.05, 3.63) is 64.7 Å². The number of methoxy groups -OCH3 is 1. The van der Waals surface area contributed by atoms with Gasteiger partial charge in [-0.05, 0) is 56.0 Å². The smallest absolute Gasteiger partial charge is 0.412 e. The predicted octanol–water partition coefficient (Wildman–Crippen LogP) is 5.09. The van der Waals surface area contributed by atoms with E-state index in [1.54, 1.807) is 32.9 Å². The Labute approximate surface area is 204 Å². The third kappa shape index (κ3) is 8.59. The summed E-state index contributed by atoms with van der Waals surface area (Å²) in [4.78, 5) is 36.8. The van der Waals surface area contributed by atoms with Crippen molar-refractivity contribution in [2.24, 2.45) is 0 Å². The van der Waals surface area contributed by atoms with E-state index in [4.69, 9.17) is 25.8 Å². The number of carbonyl (C=O) groups is 3. The summed E-state index contributed by atoms with van der Waals surface area (Å²) in [5.41, 5.74) is 2.87. The second-order valence-corrected chi connectivity index (χ2v) is 8.95. The molecule has 34 heavy (non-hydrogen) atoms. The van der Waals surface area contributed by atoms with Gasteiger partial charge in [0, 0.05) is 18.0 Å². The molecule has 0 bridgehead atoms. The van der Waals surface area contributed by atoms with Gasteiger partial charge in [-0.1, -0.05) is 36.4 Å². The molecule has 2 aromatic carbocycles. The van der Waals surface area contributed by atoms with E-state index in [0.29, 0.717) is 11.3 Å². The molecule has 2 amide bonds. The van der Waals surface area contributed by atoms with Gasteiger partial charge in [0.2, 0.25) is 0 Å². The maximum Gasteiger partial charge on any atom is 0.412 e. The standard InChI is InChI=1S/C25H31ClN2O6/c1-16-11-18(19(14-26)13-20(16)27-24(31)34-25(2,3)4)12-21(22(29)32-5)28-23(30)33-15-17-9-7-6-8-10-17/h6-11,13,21H,12,14-15H2,1-5H3,(H,27,31)(H,28,30)/t21-/m1/s1. The quantitative estimate of drug-likeness (QED) is 0.303. The number of benzene rings is 2. The van der Waals surface area contributed by atoms with Crippen LogP contribution >= 0.6 is 11.6 Å². The Morgan fingerprint density at radius 1 is 1.03 bits per heavy atom. The Morgan fingerprint density at radius 3 is 2.29 bits per heavy atom. The number of alkyl halides is 1. The lowest BCUT2D eigenvalue weighted by Gasteiger charge is -2.22. The van der Waals surface area contributed by atoms with E-state index < -0.39 is 29.8 Å². The Kier molecular flexibility index (Phi) is 9.74. The van der Waals surface area contributed by atoms with E-state index in [0.717, 1.165) is 16.7 Å². The van der Waals surface area contributed by atoms with E-state index >= 15 is 0 Å². The summed E-state index contributed by atoms with van der Waals surface area (Å²) in [7, 11) is 1.24. The number of carbonyl (C=O) groups excluding carboxylic acids is 3. The molecular formula is C25H31ClN2O6. The zero-order chi connectivity index (χ0) is 25.3. The van der Waals surface area contributed by atoms with Crippen molar-refractivity contribution in [3.8, 4) is 0 Å². The van der Waals surface area contributed by atoms with Crippen molar-refractivity contribution in [2.45, 2.75) is 58.2 Å². The van der Waals surface area contributed by atoms with Crippen LogP contribution in [0.1, 0.15) is 43.0 Å². The first-order valence-corrected chi connectivity index (χ1v) is 11.3. The largest absolute Gasteiger partial charge is 0.467 e. The summed E-state index contributed by atoms with van der Waals surface area (Å²) in [5.74, 6) is -0.490.